The molecule has 0 aromatic heterocycles. The van der Waals surface area contributed by atoms with Crippen LogP contribution in [0.3, 0.4) is 0 Å². The van der Waals surface area contributed by atoms with Crippen molar-refractivity contribution in [1.29, 1.82) is 0 Å². The van der Waals surface area contributed by atoms with Gasteiger partial charge in [-0.15, -0.1) is 0 Å². The van der Waals surface area contributed by atoms with Gasteiger partial charge in [-0.25, -0.2) is 0 Å². The molecule has 13 heavy (non-hydrogen) atoms. The first kappa shape index (κ1) is 12.3. The van der Waals surface area contributed by atoms with Crippen LogP contribution in [0.25, 0.3) is 0 Å². The summed E-state index contributed by atoms with van der Waals surface area (Å²) in [6.45, 7) is 6.18. The Kier molecular flexibility index (Phi) is 6.41. The van der Waals surface area contributed by atoms with Crippen molar-refractivity contribution in [3.63, 3.8) is 0 Å². The Balaban J connectivity index is 4.05. The molecule has 3 heteroatoms. The van der Waals surface area contributed by atoms with E-state index in [4.69, 9.17) is 5.73 Å². The van der Waals surface area contributed by atoms with Crippen molar-refractivity contribution >= 4 is 0 Å². The van der Waals surface area contributed by atoms with Gasteiger partial charge in [-0.3, -0.25) is 0 Å². The smallest absolute Gasteiger partial charge is 0.0318 e. The average molecular weight is 185 g/mol. The van der Waals surface area contributed by atoms with Crippen LogP contribution in [-0.4, -0.2) is 32.1 Å². The van der Waals surface area contributed by atoms with Crippen LogP contribution in [0.15, 0.2) is 11.4 Å². The van der Waals surface area contributed by atoms with Gasteiger partial charge in [-0.05, 0) is 40.3 Å². The molecule has 0 aliphatic rings. The zero-order valence-corrected chi connectivity index (χ0v) is 9.35. The maximum atomic E-state index is 5.81. The molecule has 0 saturated carbocycles. The highest BCUT2D eigenvalue weighted by Gasteiger charge is 2.04. The Hall–Kier alpha value is -0.700. The normalized spacial score (nSPS) is 12.6. The molecule has 3 nitrogen and oxygen atoms in total. The maximum Gasteiger partial charge on any atom is 0.0318 e. The molecule has 0 heterocycles. The Morgan fingerprint density at radius 1 is 1.46 bits per heavy atom. The topological polar surface area (TPSA) is 41.3 Å². The summed E-state index contributed by atoms with van der Waals surface area (Å²) >= 11 is 0. The van der Waals surface area contributed by atoms with Gasteiger partial charge in [0.15, 0.2) is 0 Å². The van der Waals surface area contributed by atoms with E-state index in [-0.39, 0.29) is 0 Å². The second kappa shape index (κ2) is 6.78. The molecule has 0 aliphatic carbocycles. The summed E-state index contributed by atoms with van der Waals surface area (Å²) in [4.78, 5) is 2.21. The maximum absolute atomic E-state index is 5.81. The Bertz CT molecular complexity index is 160. The summed E-state index contributed by atoms with van der Waals surface area (Å²) in [6, 6.07) is 0. The van der Waals surface area contributed by atoms with Crippen LogP contribution in [-0.2, 0) is 0 Å². The van der Waals surface area contributed by atoms with Crippen LogP contribution < -0.4 is 11.1 Å². The van der Waals surface area contributed by atoms with E-state index >= 15 is 0 Å². The Morgan fingerprint density at radius 3 is 2.46 bits per heavy atom. The predicted octanol–water partition coefficient (Wildman–Crippen LogP) is 1.13. The van der Waals surface area contributed by atoms with Crippen LogP contribution in [0.5, 0.6) is 0 Å². The van der Waals surface area contributed by atoms with E-state index in [9.17, 15) is 0 Å². The molecule has 0 aromatic rings. The van der Waals surface area contributed by atoms with Gasteiger partial charge in [0.25, 0.3) is 0 Å². The molecular formula is C10H23N3. The number of hydrogen-bond acceptors (Lipinski definition) is 3. The molecule has 0 aromatic carbocycles. The molecule has 0 amide bonds. The standard InChI is InChI=1S/C10H23N3/c1-5-13(4)10(9(2)11)7-6-8-12-3/h12H,5-8,11H2,1-4H3/b10-9-. The summed E-state index contributed by atoms with van der Waals surface area (Å²) < 4.78 is 0. The number of nitrogens with two attached hydrogens (primary N) is 1. The van der Waals surface area contributed by atoms with Gasteiger partial charge in [0.05, 0.1) is 0 Å². The highest BCUT2D eigenvalue weighted by molar-refractivity contribution is 5.07. The molecule has 0 unspecified atom stereocenters. The zero-order valence-electron chi connectivity index (χ0n) is 9.35. The lowest BCUT2D eigenvalue weighted by atomic mass is 10.2. The Morgan fingerprint density at radius 2 is 2.08 bits per heavy atom. The van der Waals surface area contributed by atoms with E-state index in [1.807, 2.05) is 14.0 Å². The molecule has 0 spiro atoms. The van der Waals surface area contributed by atoms with Gasteiger partial charge in [0.2, 0.25) is 0 Å². The van der Waals surface area contributed by atoms with E-state index in [0.717, 1.165) is 31.6 Å². The van der Waals surface area contributed by atoms with Crippen molar-refractivity contribution in [1.82, 2.24) is 10.2 Å². The van der Waals surface area contributed by atoms with Crippen molar-refractivity contribution in [2.24, 2.45) is 5.73 Å². The minimum atomic E-state index is 0.945. The Labute approximate surface area is 82.0 Å². The summed E-state index contributed by atoms with van der Waals surface area (Å²) in [6.07, 6.45) is 2.21. The molecule has 0 bridgehead atoms. The van der Waals surface area contributed by atoms with Crippen LogP contribution in [0, 0.1) is 0 Å². The SMILES string of the molecule is CCN(C)/C(CCCNC)=C(/C)N. The van der Waals surface area contributed by atoms with Crippen molar-refractivity contribution in [3.8, 4) is 0 Å². The lowest BCUT2D eigenvalue weighted by Gasteiger charge is -2.22. The van der Waals surface area contributed by atoms with Gasteiger partial charge in [-0.2, -0.15) is 0 Å². The first-order valence-electron chi connectivity index (χ1n) is 4.94. The molecule has 0 atom stereocenters. The molecule has 0 rings (SSSR count). The van der Waals surface area contributed by atoms with Crippen LogP contribution in [0.1, 0.15) is 26.7 Å². The fourth-order valence-corrected chi connectivity index (χ4v) is 1.31. The summed E-state index contributed by atoms with van der Waals surface area (Å²) in [7, 11) is 4.06. The number of nitrogens with zero attached hydrogens (tertiary/aromatic N) is 1. The van der Waals surface area contributed by atoms with Crippen LogP contribution >= 0.6 is 0 Å². The summed E-state index contributed by atoms with van der Waals surface area (Å²) in [5.74, 6) is 0. The van der Waals surface area contributed by atoms with Crippen molar-refractivity contribution in [2.75, 3.05) is 27.2 Å². The lowest BCUT2D eigenvalue weighted by molar-refractivity contribution is 0.412. The van der Waals surface area contributed by atoms with Gasteiger partial charge >= 0.3 is 0 Å². The summed E-state index contributed by atoms with van der Waals surface area (Å²) in [5.41, 5.74) is 8.03. The molecule has 3 N–H and O–H groups in total. The predicted molar refractivity (Wildman–Crippen MR) is 58.4 cm³/mol. The first-order chi connectivity index (χ1) is 6.13. The van der Waals surface area contributed by atoms with E-state index in [1.165, 1.54) is 5.70 Å². The van der Waals surface area contributed by atoms with Crippen LogP contribution in [0.2, 0.25) is 0 Å². The molecule has 78 valence electrons. The van der Waals surface area contributed by atoms with Crippen LogP contribution in [0.4, 0.5) is 0 Å². The zero-order chi connectivity index (χ0) is 10.3. The van der Waals surface area contributed by atoms with Gasteiger partial charge in [0.1, 0.15) is 0 Å². The lowest BCUT2D eigenvalue weighted by Crippen LogP contribution is -2.21. The minimum absolute atomic E-state index is 0.945. The number of hydrogen-bond donors (Lipinski definition) is 2. The fourth-order valence-electron chi connectivity index (χ4n) is 1.31. The fraction of sp³-hybridized carbons (Fsp3) is 0.800. The van der Waals surface area contributed by atoms with Crippen molar-refractivity contribution in [3.05, 3.63) is 11.4 Å². The summed E-state index contributed by atoms with van der Waals surface area (Å²) in [5, 5.41) is 3.14. The highest BCUT2D eigenvalue weighted by atomic mass is 15.1. The number of nitrogens with one attached hydrogen (secondary N) is 1. The van der Waals surface area contributed by atoms with Gasteiger partial charge < -0.3 is 16.0 Å². The monoisotopic (exact) mass is 185 g/mol. The third-order valence-corrected chi connectivity index (χ3v) is 2.23. The van der Waals surface area contributed by atoms with Gasteiger partial charge in [0, 0.05) is 25.0 Å². The molecule has 0 radical (unpaired) electrons. The van der Waals surface area contributed by atoms with Crippen molar-refractivity contribution < 1.29 is 0 Å². The highest BCUT2D eigenvalue weighted by Crippen LogP contribution is 2.11. The third-order valence-electron chi connectivity index (χ3n) is 2.23. The van der Waals surface area contributed by atoms with E-state index in [0.29, 0.717) is 0 Å². The minimum Gasteiger partial charge on any atom is -0.401 e. The molecule has 0 saturated heterocycles. The molecule has 0 fully saturated rings. The van der Waals surface area contributed by atoms with E-state index in [1.54, 1.807) is 0 Å². The number of rotatable bonds is 6. The number of allylic oxidation sites excluding steroid dienone is 2. The van der Waals surface area contributed by atoms with E-state index < -0.39 is 0 Å². The third kappa shape index (κ3) is 4.78. The average Bonchev–Trinajstić information content (AvgIpc) is 2.11. The quantitative estimate of drug-likeness (QED) is 0.609. The molecular weight excluding hydrogens is 162 g/mol. The van der Waals surface area contributed by atoms with E-state index in [2.05, 4.69) is 24.2 Å². The van der Waals surface area contributed by atoms with Gasteiger partial charge in [-0.1, -0.05) is 0 Å². The largest absolute Gasteiger partial charge is 0.401 e. The second-order valence-electron chi connectivity index (χ2n) is 3.35. The van der Waals surface area contributed by atoms with Crippen molar-refractivity contribution in [2.45, 2.75) is 26.7 Å². The first-order valence-corrected chi connectivity index (χ1v) is 4.94. The molecule has 0 aliphatic heterocycles. The second-order valence-corrected chi connectivity index (χ2v) is 3.35.